The minimum atomic E-state index is -2.48. The molecule has 1 aliphatic rings. The van der Waals surface area contributed by atoms with Gasteiger partial charge in [0.25, 0.3) is 17.8 Å². The molecule has 4 rings (SSSR count). The normalized spacial score (nSPS) is 15.3. The number of ether oxygens (including phenoxy) is 1. The molecule has 1 amide bonds. The summed E-state index contributed by atoms with van der Waals surface area (Å²) in [6.45, 7) is 2.87. The lowest BCUT2D eigenvalue weighted by Crippen LogP contribution is -2.52. The standard InChI is InChI=1S/C21H16F5N4O3S/c1-9-7-28(8-27-9)11-3-4-12-21(32)29(5-6-30(12)20(11)31)10(2)19(26)33-17-15(24)13(22)14(23)16(25)18(17)34/h3-4,7-8,10,19H,5-6H2,1-2H3/t10-,19?/m0/s1. The molecule has 2 aromatic heterocycles. The van der Waals surface area contributed by atoms with Gasteiger partial charge in [-0.2, -0.15) is 8.78 Å². The van der Waals surface area contributed by atoms with Gasteiger partial charge >= 0.3 is 0 Å². The Morgan fingerprint density at radius 2 is 1.74 bits per heavy atom. The molecule has 0 bridgehead atoms. The summed E-state index contributed by atoms with van der Waals surface area (Å²) in [5, 5.41) is 0. The topological polar surface area (TPSA) is 69.4 Å². The third-order valence-electron chi connectivity index (χ3n) is 5.47. The molecule has 0 spiro atoms. The summed E-state index contributed by atoms with van der Waals surface area (Å²) in [5.41, 5.74) is 0.467. The third-order valence-corrected chi connectivity index (χ3v) is 5.84. The van der Waals surface area contributed by atoms with Crippen LogP contribution in [0.3, 0.4) is 0 Å². The van der Waals surface area contributed by atoms with Crippen molar-refractivity contribution in [3.63, 3.8) is 0 Å². The Labute approximate surface area is 194 Å². The first-order valence-corrected chi connectivity index (χ1v) is 10.3. The van der Waals surface area contributed by atoms with Crippen LogP contribution in [-0.2, 0) is 6.54 Å². The van der Waals surface area contributed by atoms with Gasteiger partial charge in [-0.1, -0.05) is 12.6 Å². The highest BCUT2D eigenvalue weighted by molar-refractivity contribution is 7.80. The van der Waals surface area contributed by atoms with Crippen LogP contribution in [0.25, 0.3) is 5.69 Å². The number of carbonyl (C=O) groups excluding carboxylic acids is 1. The van der Waals surface area contributed by atoms with Crippen LogP contribution >= 0.6 is 12.6 Å². The van der Waals surface area contributed by atoms with Gasteiger partial charge in [0.15, 0.2) is 17.4 Å². The third kappa shape index (κ3) is 3.79. The van der Waals surface area contributed by atoms with E-state index in [1.54, 1.807) is 13.1 Å². The Hall–Kier alpha value is -3.48. The zero-order valence-corrected chi connectivity index (χ0v) is 18.5. The van der Waals surface area contributed by atoms with E-state index in [0.717, 1.165) is 4.90 Å². The minimum absolute atomic E-state index is 0.0128. The average Bonchev–Trinajstić information content (AvgIpc) is 3.25. The lowest BCUT2D eigenvalue weighted by Gasteiger charge is -2.35. The van der Waals surface area contributed by atoms with Gasteiger partial charge in [-0.3, -0.25) is 9.59 Å². The van der Waals surface area contributed by atoms with Crippen molar-refractivity contribution < 1.29 is 31.5 Å². The molecule has 0 saturated heterocycles. The number of benzene rings is 1. The summed E-state index contributed by atoms with van der Waals surface area (Å²) in [6.07, 6.45) is 0.619. The minimum Gasteiger partial charge on any atom is -0.453 e. The Balaban J connectivity index is 1.59. The molecular formula is C21H16F5N4O3S. The van der Waals surface area contributed by atoms with E-state index in [1.807, 2.05) is 0 Å². The number of carbonyl (C=O) groups is 1. The molecule has 1 radical (unpaired) electrons. The lowest BCUT2D eigenvalue weighted by atomic mass is 10.1. The van der Waals surface area contributed by atoms with Gasteiger partial charge in [0.2, 0.25) is 11.6 Å². The van der Waals surface area contributed by atoms with Gasteiger partial charge < -0.3 is 18.8 Å². The van der Waals surface area contributed by atoms with E-state index < -0.39 is 57.8 Å². The van der Waals surface area contributed by atoms with Gasteiger partial charge in [-0.25, -0.2) is 18.2 Å². The Kier molecular flexibility index (Phi) is 6.06. The van der Waals surface area contributed by atoms with E-state index in [4.69, 9.17) is 0 Å². The fourth-order valence-corrected chi connectivity index (χ4v) is 3.85. The van der Waals surface area contributed by atoms with Crippen LogP contribution in [0.2, 0.25) is 0 Å². The summed E-state index contributed by atoms with van der Waals surface area (Å²) in [5.74, 6) is -10.3. The second-order valence-electron chi connectivity index (χ2n) is 7.61. The van der Waals surface area contributed by atoms with Crippen molar-refractivity contribution in [3.8, 4) is 11.4 Å². The predicted octanol–water partition coefficient (Wildman–Crippen LogP) is 3.67. The average molecular weight is 499 g/mol. The van der Waals surface area contributed by atoms with Crippen LogP contribution in [0.5, 0.6) is 5.75 Å². The molecule has 0 saturated carbocycles. The number of aromatic nitrogens is 3. The van der Waals surface area contributed by atoms with Crippen molar-refractivity contribution in [3.05, 3.63) is 69.7 Å². The molecule has 0 N–H and O–H groups in total. The number of hydrogen-bond acceptors (Lipinski definition) is 4. The van der Waals surface area contributed by atoms with Gasteiger partial charge in [0.05, 0.1) is 18.1 Å². The van der Waals surface area contributed by atoms with Gasteiger partial charge in [-0.05, 0) is 26.0 Å². The van der Waals surface area contributed by atoms with Gasteiger partial charge in [0.1, 0.15) is 16.3 Å². The number of imidazole rings is 1. The van der Waals surface area contributed by atoms with Crippen molar-refractivity contribution in [2.24, 2.45) is 0 Å². The number of hydrogen-bond donors (Lipinski definition) is 0. The number of pyridine rings is 1. The molecule has 13 heteroatoms. The SMILES string of the molecule is Cc1cn(-c2ccc3n(c2=O)CCN([C@@H](C)C(F)Oc2c(F)c(F)c(F)c(F)c2[S])C3=O)cn1. The number of aryl methyl sites for hydroxylation is 1. The molecule has 2 atom stereocenters. The fourth-order valence-electron chi connectivity index (χ4n) is 3.62. The smallest absolute Gasteiger partial charge is 0.275 e. The zero-order valence-electron chi connectivity index (χ0n) is 17.7. The number of rotatable bonds is 5. The van der Waals surface area contributed by atoms with Gasteiger partial charge in [-0.15, -0.1) is 0 Å². The molecule has 3 heterocycles. The molecule has 1 unspecified atom stereocenters. The second-order valence-corrected chi connectivity index (χ2v) is 8.01. The van der Waals surface area contributed by atoms with Crippen LogP contribution < -0.4 is 10.3 Å². The van der Waals surface area contributed by atoms with Crippen molar-refractivity contribution in [1.29, 1.82) is 0 Å². The van der Waals surface area contributed by atoms with E-state index in [-0.39, 0.29) is 24.5 Å². The van der Waals surface area contributed by atoms with Crippen molar-refractivity contribution in [1.82, 2.24) is 19.0 Å². The summed E-state index contributed by atoms with van der Waals surface area (Å²) in [6, 6.07) is 1.44. The first kappa shape index (κ1) is 23.7. The van der Waals surface area contributed by atoms with E-state index in [1.165, 1.54) is 34.5 Å². The fraction of sp³-hybridized carbons (Fsp3) is 0.286. The molecule has 0 aliphatic carbocycles. The van der Waals surface area contributed by atoms with Crippen molar-refractivity contribution in [2.75, 3.05) is 6.54 Å². The van der Waals surface area contributed by atoms with E-state index in [0.29, 0.717) is 5.69 Å². The highest BCUT2D eigenvalue weighted by atomic mass is 32.1. The van der Waals surface area contributed by atoms with Crippen LogP contribution in [0, 0.1) is 30.2 Å². The van der Waals surface area contributed by atoms with Crippen molar-refractivity contribution >= 4 is 18.5 Å². The first-order chi connectivity index (χ1) is 16.0. The molecule has 7 nitrogen and oxygen atoms in total. The molecule has 179 valence electrons. The number of fused-ring (bicyclic) bond motifs is 1. The highest BCUT2D eigenvalue weighted by Gasteiger charge is 2.36. The number of nitrogens with zero attached hydrogens (tertiary/aromatic N) is 4. The summed E-state index contributed by atoms with van der Waals surface area (Å²) in [7, 11) is 0. The summed E-state index contributed by atoms with van der Waals surface area (Å²) < 4.78 is 76.8. The summed E-state index contributed by atoms with van der Waals surface area (Å²) in [4.78, 5) is 29.8. The van der Waals surface area contributed by atoms with Crippen LogP contribution in [0.15, 0.2) is 34.3 Å². The Morgan fingerprint density at radius 1 is 1.06 bits per heavy atom. The Morgan fingerprint density at radius 3 is 2.38 bits per heavy atom. The molecule has 1 aromatic carbocycles. The Bertz CT molecular complexity index is 1330. The van der Waals surface area contributed by atoms with Crippen LogP contribution in [0.4, 0.5) is 22.0 Å². The molecule has 1 aliphatic heterocycles. The zero-order chi connectivity index (χ0) is 24.9. The maximum atomic E-state index is 14.9. The maximum absolute atomic E-state index is 14.9. The number of halogens is 5. The monoisotopic (exact) mass is 499 g/mol. The molecule has 3 aromatic rings. The quantitative estimate of drug-likeness (QED) is 0.305. The predicted molar refractivity (Wildman–Crippen MR) is 111 cm³/mol. The second kappa shape index (κ2) is 8.70. The molecule has 0 fully saturated rings. The van der Waals surface area contributed by atoms with Crippen LogP contribution in [0.1, 0.15) is 23.1 Å². The summed E-state index contributed by atoms with van der Waals surface area (Å²) >= 11 is 4.49. The molecular weight excluding hydrogens is 483 g/mol. The van der Waals surface area contributed by atoms with Crippen molar-refractivity contribution in [2.45, 2.75) is 37.7 Å². The van der Waals surface area contributed by atoms with Gasteiger partial charge in [0, 0.05) is 19.3 Å². The number of amides is 1. The lowest BCUT2D eigenvalue weighted by molar-refractivity contribution is -0.0171. The largest absolute Gasteiger partial charge is 0.453 e. The van der Waals surface area contributed by atoms with Crippen LogP contribution in [-0.4, -0.2) is 43.9 Å². The van der Waals surface area contributed by atoms with E-state index in [2.05, 4.69) is 22.3 Å². The molecule has 34 heavy (non-hydrogen) atoms. The highest BCUT2D eigenvalue weighted by Crippen LogP contribution is 2.34. The van der Waals surface area contributed by atoms with E-state index in [9.17, 15) is 31.5 Å². The first-order valence-electron chi connectivity index (χ1n) is 9.92. The number of alkyl halides is 1. The maximum Gasteiger partial charge on any atom is 0.275 e. The van der Waals surface area contributed by atoms with E-state index >= 15 is 0 Å².